The van der Waals surface area contributed by atoms with Crippen molar-refractivity contribution in [1.29, 1.82) is 0 Å². The van der Waals surface area contributed by atoms with E-state index in [1.54, 1.807) is 18.3 Å². The van der Waals surface area contributed by atoms with Gasteiger partial charge in [0.15, 0.2) is 0 Å². The number of likely N-dealkylation sites (N-methyl/N-ethyl adjacent to an activating group) is 1. The molecule has 3 heterocycles. The molecule has 1 amide bonds. The molecule has 2 fully saturated rings. The first-order valence-electron chi connectivity index (χ1n) is 9.96. The van der Waals surface area contributed by atoms with E-state index in [4.69, 9.17) is 24.1 Å². The second kappa shape index (κ2) is 10.9. The molecule has 2 saturated heterocycles. The first kappa shape index (κ1) is 25.8. The number of amides is 1. The molecule has 0 radical (unpaired) electrons. The van der Waals surface area contributed by atoms with E-state index in [1.165, 1.54) is 7.11 Å². The van der Waals surface area contributed by atoms with Crippen LogP contribution in [0.3, 0.4) is 0 Å². The Bertz CT molecular complexity index is 792. The van der Waals surface area contributed by atoms with Crippen molar-refractivity contribution in [1.82, 2.24) is 14.8 Å². The number of hydrogen-bond donors (Lipinski definition) is 1. The summed E-state index contributed by atoms with van der Waals surface area (Å²) in [4.78, 5) is 30.0. The van der Waals surface area contributed by atoms with Gasteiger partial charge in [0.1, 0.15) is 11.2 Å². The summed E-state index contributed by atoms with van der Waals surface area (Å²) in [6.07, 6.45) is -1.39. The lowest BCUT2D eigenvalue weighted by atomic mass is 9.99. The molecule has 1 aromatic rings. The van der Waals surface area contributed by atoms with Gasteiger partial charge >= 0.3 is 12.1 Å². The summed E-state index contributed by atoms with van der Waals surface area (Å²) >= 11 is 0. The number of alkyl halides is 3. The van der Waals surface area contributed by atoms with E-state index < -0.39 is 17.7 Å². The smallest absolute Gasteiger partial charge is 0.480 e. The Morgan fingerprint density at radius 1 is 1.41 bits per heavy atom. The summed E-state index contributed by atoms with van der Waals surface area (Å²) in [5.41, 5.74) is 0.0623. The normalized spacial score (nSPS) is 23.5. The number of aromatic nitrogens is 1. The molecule has 2 aliphatic rings. The lowest BCUT2D eigenvalue weighted by Gasteiger charge is -2.32. The van der Waals surface area contributed by atoms with Crippen molar-refractivity contribution >= 4 is 11.9 Å². The van der Waals surface area contributed by atoms with Crippen LogP contribution in [0, 0.1) is 0 Å². The largest absolute Gasteiger partial charge is 0.490 e. The van der Waals surface area contributed by atoms with Gasteiger partial charge in [0.25, 0.3) is 5.91 Å². The summed E-state index contributed by atoms with van der Waals surface area (Å²) in [7, 11) is 5.61. The number of nitrogens with zero attached hydrogens (tertiary/aromatic N) is 3. The Labute approximate surface area is 184 Å². The number of halogens is 3. The first-order valence-corrected chi connectivity index (χ1v) is 9.96. The zero-order valence-electron chi connectivity index (χ0n) is 18.2. The van der Waals surface area contributed by atoms with Crippen LogP contribution in [0.25, 0.3) is 0 Å². The fourth-order valence-electron chi connectivity index (χ4n) is 3.62. The lowest BCUT2D eigenvalue weighted by Crippen LogP contribution is -2.47. The highest BCUT2D eigenvalue weighted by Gasteiger charge is 2.44. The van der Waals surface area contributed by atoms with E-state index in [-0.39, 0.29) is 12.0 Å². The predicted molar refractivity (Wildman–Crippen MR) is 107 cm³/mol. The molecule has 1 aromatic heterocycles. The van der Waals surface area contributed by atoms with Crippen LogP contribution in [-0.4, -0.2) is 104 Å². The fourth-order valence-corrected chi connectivity index (χ4v) is 3.62. The molecule has 0 saturated carbocycles. The number of aliphatic carboxylic acids is 1. The van der Waals surface area contributed by atoms with Crippen LogP contribution in [0.2, 0.25) is 0 Å². The van der Waals surface area contributed by atoms with Crippen LogP contribution in [0.4, 0.5) is 13.2 Å². The number of rotatable bonds is 4. The Hall–Kier alpha value is -2.44. The number of carboxylic acids is 1. The van der Waals surface area contributed by atoms with Crippen molar-refractivity contribution < 1.29 is 42.1 Å². The molecule has 180 valence electrons. The summed E-state index contributed by atoms with van der Waals surface area (Å²) in [5.74, 6) is -2.49. The summed E-state index contributed by atoms with van der Waals surface area (Å²) in [6.45, 7) is 3.00. The van der Waals surface area contributed by atoms with E-state index in [1.807, 2.05) is 19.0 Å². The second-order valence-electron chi connectivity index (χ2n) is 7.87. The minimum atomic E-state index is -5.08. The van der Waals surface area contributed by atoms with Crippen molar-refractivity contribution in [3.8, 4) is 5.88 Å². The van der Waals surface area contributed by atoms with Gasteiger partial charge in [0.05, 0.1) is 33.0 Å². The topological polar surface area (TPSA) is 101 Å². The third kappa shape index (κ3) is 7.04. The van der Waals surface area contributed by atoms with E-state index in [0.29, 0.717) is 37.7 Å². The number of carbonyl (C=O) groups excluding carboxylic acids is 1. The molecule has 0 aromatic carbocycles. The van der Waals surface area contributed by atoms with Gasteiger partial charge in [-0.3, -0.25) is 4.79 Å². The molecule has 2 aliphatic heterocycles. The quantitative estimate of drug-likeness (QED) is 0.720. The Kier molecular flexibility index (Phi) is 8.81. The Morgan fingerprint density at radius 3 is 2.69 bits per heavy atom. The van der Waals surface area contributed by atoms with E-state index in [2.05, 4.69) is 9.88 Å². The van der Waals surface area contributed by atoms with Gasteiger partial charge in [0.2, 0.25) is 5.88 Å². The maximum absolute atomic E-state index is 13.0. The Morgan fingerprint density at radius 2 is 2.09 bits per heavy atom. The summed E-state index contributed by atoms with van der Waals surface area (Å²) in [5, 5.41) is 7.12. The minimum Gasteiger partial charge on any atom is -0.480 e. The van der Waals surface area contributed by atoms with Gasteiger partial charge in [-0.25, -0.2) is 9.78 Å². The standard InChI is InChI=1S/C18H27N3O4.C2HF3O2/c1-20(2)11-14-6-7-18(25-14)12-21(9-10-24-13-18)17(22)15-5-4-8-19-16(15)23-3;3-2(4,5)1(6)7/h4-5,8,14H,6-7,9-13H2,1-3H3;(H,6,7). The molecule has 9 nitrogen and oxygen atoms in total. The van der Waals surface area contributed by atoms with Crippen LogP contribution < -0.4 is 4.74 Å². The number of hydrogen-bond acceptors (Lipinski definition) is 7. The van der Waals surface area contributed by atoms with Gasteiger partial charge in [0, 0.05) is 19.3 Å². The molecule has 2 atom stereocenters. The van der Waals surface area contributed by atoms with E-state index >= 15 is 0 Å². The number of methoxy groups -OCH3 is 1. The van der Waals surface area contributed by atoms with Gasteiger partial charge in [-0.1, -0.05) is 0 Å². The predicted octanol–water partition coefficient (Wildman–Crippen LogP) is 1.68. The fraction of sp³-hybridized carbons (Fsp3) is 0.650. The number of pyridine rings is 1. The van der Waals surface area contributed by atoms with E-state index in [0.717, 1.165) is 19.4 Å². The highest BCUT2D eigenvalue weighted by atomic mass is 19.4. The lowest BCUT2D eigenvalue weighted by molar-refractivity contribution is -0.192. The van der Waals surface area contributed by atoms with Crippen molar-refractivity contribution in [2.75, 3.05) is 54.1 Å². The molecule has 3 rings (SSSR count). The molecule has 0 aliphatic carbocycles. The second-order valence-corrected chi connectivity index (χ2v) is 7.87. The van der Waals surface area contributed by atoms with Crippen molar-refractivity contribution in [2.45, 2.75) is 30.7 Å². The molecule has 2 unspecified atom stereocenters. The highest BCUT2D eigenvalue weighted by Crippen LogP contribution is 2.34. The Balaban J connectivity index is 0.000000451. The van der Waals surface area contributed by atoms with Crippen molar-refractivity contribution in [2.24, 2.45) is 0 Å². The van der Waals surface area contributed by atoms with Crippen LogP contribution in [0.1, 0.15) is 23.2 Å². The average molecular weight is 463 g/mol. The molecular weight excluding hydrogens is 435 g/mol. The molecule has 1 N–H and O–H groups in total. The minimum absolute atomic E-state index is 0.0884. The summed E-state index contributed by atoms with van der Waals surface area (Å²) < 4.78 is 49.1. The SMILES string of the molecule is COc1ncccc1C(=O)N1CCOCC2(CCC(CN(C)C)O2)C1.O=C(O)C(F)(F)F. The third-order valence-electron chi connectivity index (χ3n) is 4.98. The van der Waals surface area contributed by atoms with Crippen molar-refractivity contribution in [3.05, 3.63) is 23.9 Å². The average Bonchev–Trinajstić information content (AvgIpc) is 2.98. The number of carboxylic acid groups (broad SMARTS) is 1. The number of carbonyl (C=O) groups is 2. The van der Waals surface area contributed by atoms with Gasteiger partial charge in [-0.15, -0.1) is 0 Å². The zero-order valence-corrected chi connectivity index (χ0v) is 18.2. The van der Waals surface area contributed by atoms with Crippen molar-refractivity contribution in [3.63, 3.8) is 0 Å². The molecule has 12 heteroatoms. The van der Waals surface area contributed by atoms with Crippen LogP contribution in [-0.2, 0) is 14.3 Å². The molecule has 32 heavy (non-hydrogen) atoms. The monoisotopic (exact) mass is 463 g/mol. The van der Waals surface area contributed by atoms with E-state index in [9.17, 15) is 18.0 Å². The molecular formula is C20H28F3N3O6. The van der Waals surface area contributed by atoms with Gasteiger partial charge in [-0.2, -0.15) is 13.2 Å². The molecule has 1 spiro atoms. The zero-order chi connectivity index (χ0) is 23.9. The highest BCUT2D eigenvalue weighted by molar-refractivity contribution is 5.96. The maximum Gasteiger partial charge on any atom is 0.490 e. The van der Waals surface area contributed by atoms with Crippen LogP contribution in [0.5, 0.6) is 5.88 Å². The van der Waals surface area contributed by atoms with Gasteiger partial charge in [-0.05, 0) is 39.1 Å². The number of ether oxygens (including phenoxy) is 3. The first-order chi connectivity index (χ1) is 15.0. The van der Waals surface area contributed by atoms with Crippen LogP contribution >= 0.6 is 0 Å². The van der Waals surface area contributed by atoms with Gasteiger partial charge < -0.3 is 29.1 Å². The molecule has 0 bridgehead atoms. The van der Waals surface area contributed by atoms with Crippen LogP contribution in [0.15, 0.2) is 18.3 Å². The third-order valence-corrected chi connectivity index (χ3v) is 4.98. The summed E-state index contributed by atoms with van der Waals surface area (Å²) in [6, 6.07) is 3.50. The maximum atomic E-state index is 13.0.